The van der Waals surface area contributed by atoms with Crippen molar-refractivity contribution in [2.75, 3.05) is 20.8 Å². The lowest BCUT2D eigenvalue weighted by Gasteiger charge is -2.13. The molecule has 1 aromatic rings. The van der Waals surface area contributed by atoms with Gasteiger partial charge in [-0.3, -0.25) is 0 Å². The Balaban J connectivity index is 2.74. The van der Waals surface area contributed by atoms with Gasteiger partial charge in [-0.1, -0.05) is 24.3 Å². The number of hydrogen-bond donors (Lipinski definition) is 1. The Bertz CT molecular complexity index is 361. The highest BCUT2D eigenvalue weighted by atomic mass is 16.5. The molecule has 0 aliphatic rings. The van der Waals surface area contributed by atoms with Gasteiger partial charge in [-0.25, -0.2) is 0 Å². The molecule has 0 atom stereocenters. The molecule has 0 aromatic heterocycles. The van der Waals surface area contributed by atoms with Crippen LogP contribution in [0, 0.1) is 0 Å². The average molecular weight is 221 g/mol. The number of rotatable bonds is 6. The van der Waals surface area contributed by atoms with Crippen LogP contribution in [-0.2, 0) is 6.54 Å². The summed E-state index contributed by atoms with van der Waals surface area (Å²) in [6.45, 7) is 7.39. The van der Waals surface area contributed by atoms with Crippen molar-refractivity contribution in [1.82, 2.24) is 5.32 Å². The van der Waals surface area contributed by atoms with Crippen LogP contribution in [0.25, 0.3) is 0 Å². The first-order valence-corrected chi connectivity index (χ1v) is 5.24. The van der Waals surface area contributed by atoms with Crippen molar-refractivity contribution in [1.29, 1.82) is 0 Å². The lowest BCUT2D eigenvalue weighted by atomic mass is 10.2. The second-order valence-corrected chi connectivity index (χ2v) is 3.71. The normalized spacial score (nSPS) is 9.94. The van der Waals surface area contributed by atoms with E-state index in [1.165, 1.54) is 0 Å². The zero-order valence-electron chi connectivity index (χ0n) is 10.2. The third kappa shape index (κ3) is 3.28. The van der Waals surface area contributed by atoms with E-state index in [-0.39, 0.29) is 0 Å². The van der Waals surface area contributed by atoms with Gasteiger partial charge < -0.3 is 14.8 Å². The second-order valence-electron chi connectivity index (χ2n) is 3.71. The Labute approximate surface area is 97.1 Å². The van der Waals surface area contributed by atoms with E-state index in [1.807, 2.05) is 25.1 Å². The molecule has 0 saturated carbocycles. The van der Waals surface area contributed by atoms with E-state index < -0.39 is 0 Å². The third-order valence-corrected chi connectivity index (χ3v) is 2.23. The van der Waals surface area contributed by atoms with Crippen LogP contribution in [0.1, 0.15) is 12.5 Å². The van der Waals surface area contributed by atoms with Crippen molar-refractivity contribution < 1.29 is 9.47 Å². The predicted molar refractivity (Wildman–Crippen MR) is 66.1 cm³/mol. The van der Waals surface area contributed by atoms with Gasteiger partial charge in [0.2, 0.25) is 0 Å². The molecule has 1 N–H and O–H groups in total. The summed E-state index contributed by atoms with van der Waals surface area (Å²) >= 11 is 0. The fourth-order valence-electron chi connectivity index (χ4n) is 1.50. The molecular formula is C13H19NO2. The monoisotopic (exact) mass is 221 g/mol. The summed E-state index contributed by atoms with van der Waals surface area (Å²) in [6.07, 6.45) is 0. The zero-order chi connectivity index (χ0) is 12.0. The molecule has 0 fully saturated rings. The zero-order valence-corrected chi connectivity index (χ0v) is 10.2. The van der Waals surface area contributed by atoms with Crippen molar-refractivity contribution in [2.24, 2.45) is 0 Å². The summed E-state index contributed by atoms with van der Waals surface area (Å²) < 4.78 is 10.6. The van der Waals surface area contributed by atoms with Crippen LogP contribution in [-0.4, -0.2) is 20.8 Å². The van der Waals surface area contributed by atoms with Gasteiger partial charge >= 0.3 is 0 Å². The molecular weight excluding hydrogens is 202 g/mol. The lowest BCUT2D eigenvalue weighted by Crippen LogP contribution is -2.15. The van der Waals surface area contributed by atoms with Crippen molar-refractivity contribution in [2.45, 2.75) is 13.5 Å². The summed E-state index contributed by atoms with van der Waals surface area (Å²) in [7, 11) is 3.29. The fourth-order valence-corrected chi connectivity index (χ4v) is 1.50. The molecule has 0 heterocycles. The van der Waals surface area contributed by atoms with Gasteiger partial charge in [0.15, 0.2) is 11.5 Å². The van der Waals surface area contributed by atoms with E-state index in [9.17, 15) is 0 Å². The summed E-state index contributed by atoms with van der Waals surface area (Å²) in [4.78, 5) is 0. The first-order valence-electron chi connectivity index (χ1n) is 5.24. The van der Waals surface area contributed by atoms with Crippen LogP contribution >= 0.6 is 0 Å². The van der Waals surface area contributed by atoms with Crippen molar-refractivity contribution in [3.63, 3.8) is 0 Å². The van der Waals surface area contributed by atoms with Gasteiger partial charge in [0.05, 0.1) is 14.2 Å². The topological polar surface area (TPSA) is 30.5 Å². The average Bonchev–Trinajstić information content (AvgIpc) is 2.28. The molecule has 3 heteroatoms. The van der Waals surface area contributed by atoms with Crippen molar-refractivity contribution in [3.8, 4) is 11.5 Å². The highest BCUT2D eigenvalue weighted by Gasteiger charge is 2.08. The quantitative estimate of drug-likeness (QED) is 0.748. The van der Waals surface area contributed by atoms with Gasteiger partial charge in [0.1, 0.15) is 0 Å². The summed E-state index contributed by atoms with van der Waals surface area (Å²) in [5.41, 5.74) is 2.20. The minimum atomic E-state index is 0.743. The SMILES string of the molecule is C=C(C)CNCc1cccc(OC)c1OC. The maximum atomic E-state index is 5.34. The Hall–Kier alpha value is -1.48. The van der Waals surface area contributed by atoms with Crippen LogP contribution in [0.4, 0.5) is 0 Å². The summed E-state index contributed by atoms with van der Waals surface area (Å²) in [5.74, 6) is 1.55. The van der Waals surface area contributed by atoms with Gasteiger partial charge in [-0.15, -0.1) is 0 Å². The van der Waals surface area contributed by atoms with Crippen LogP contribution in [0.5, 0.6) is 11.5 Å². The van der Waals surface area contributed by atoms with E-state index in [0.717, 1.165) is 35.7 Å². The van der Waals surface area contributed by atoms with Crippen molar-refractivity contribution >= 4 is 0 Å². The molecule has 1 aromatic carbocycles. The molecule has 0 unspecified atom stereocenters. The molecule has 0 aliphatic heterocycles. The van der Waals surface area contributed by atoms with Crippen LogP contribution < -0.4 is 14.8 Å². The minimum Gasteiger partial charge on any atom is -0.493 e. The molecule has 0 aliphatic carbocycles. The molecule has 0 radical (unpaired) electrons. The number of methoxy groups -OCH3 is 2. The summed E-state index contributed by atoms with van der Waals surface area (Å²) in [5, 5.41) is 3.29. The van der Waals surface area contributed by atoms with Crippen molar-refractivity contribution in [3.05, 3.63) is 35.9 Å². The third-order valence-electron chi connectivity index (χ3n) is 2.23. The first kappa shape index (κ1) is 12.6. The Morgan fingerprint density at radius 3 is 2.62 bits per heavy atom. The van der Waals surface area contributed by atoms with Gasteiger partial charge in [0, 0.05) is 18.7 Å². The number of nitrogens with one attached hydrogen (secondary N) is 1. The van der Waals surface area contributed by atoms with E-state index >= 15 is 0 Å². The Morgan fingerprint density at radius 2 is 2.06 bits per heavy atom. The molecule has 16 heavy (non-hydrogen) atoms. The summed E-state index contributed by atoms with van der Waals surface area (Å²) in [6, 6.07) is 5.87. The number of hydrogen-bond acceptors (Lipinski definition) is 3. The maximum Gasteiger partial charge on any atom is 0.165 e. The van der Waals surface area contributed by atoms with E-state index in [4.69, 9.17) is 9.47 Å². The lowest BCUT2D eigenvalue weighted by molar-refractivity contribution is 0.351. The van der Waals surface area contributed by atoms with Gasteiger partial charge in [-0.05, 0) is 13.0 Å². The van der Waals surface area contributed by atoms with Crippen LogP contribution in [0.2, 0.25) is 0 Å². The highest BCUT2D eigenvalue weighted by molar-refractivity contribution is 5.46. The van der Waals surface area contributed by atoms with Gasteiger partial charge in [0.25, 0.3) is 0 Å². The Morgan fingerprint density at radius 1 is 1.31 bits per heavy atom. The van der Waals surface area contributed by atoms with Crippen LogP contribution in [0.3, 0.4) is 0 Å². The molecule has 3 nitrogen and oxygen atoms in total. The molecule has 0 saturated heterocycles. The van der Waals surface area contributed by atoms with E-state index in [1.54, 1.807) is 14.2 Å². The maximum absolute atomic E-state index is 5.34. The molecule has 88 valence electrons. The predicted octanol–water partition coefficient (Wildman–Crippen LogP) is 2.37. The fraction of sp³-hybridized carbons (Fsp3) is 0.385. The highest BCUT2D eigenvalue weighted by Crippen LogP contribution is 2.30. The molecule has 0 spiro atoms. The number of benzene rings is 1. The first-order chi connectivity index (χ1) is 7.69. The molecule has 0 bridgehead atoms. The van der Waals surface area contributed by atoms with E-state index in [2.05, 4.69) is 11.9 Å². The smallest absolute Gasteiger partial charge is 0.165 e. The number of para-hydroxylation sites is 1. The number of ether oxygens (including phenoxy) is 2. The van der Waals surface area contributed by atoms with Gasteiger partial charge in [-0.2, -0.15) is 0 Å². The molecule has 1 rings (SSSR count). The second kappa shape index (κ2) is 6.18. The standard InChI is InChI=1S/C13H19NO2/c1-10(2)8-14-9-11-6-5-7-12(15-3)13(11)16-4/h5-7,14H,1,8-9H2,2-4H3. The molecule has 0 amide bonds. The Kier molecular flexibility index (Phi) is 4.86. The van der Waals surface area contributed by atoms with E-state index in [0.29, 0.717) is 0 Å². The minimum absolute atomic E-state index is 0.743. The largest absolute Gasteiger partial charge is 0.493 e. The van der Waals surface area contributed by atoms with Crippen LogP contribution in [0.15, 0.2) is 30.4 Å².